The van der Waals surface area contributed by atoms with Crippen molar-refractivity contribution in [2.45, 2.75) is 76.6 Å². The van der Waals surface area contributed by atoms with Crippen LogP contribution in [0.2, 0.25) is 5.02 Å². The summed E-state index contributed by atoms with van der Waals surface area (Å²) in [5.41, 5.74) is 1.84. The van der Waals surface area contributed by atoms with Crippen molar-refractivity contribution in [2.75, 3.05) is 13.7 Å². The van der Waals surface area contributed by atoms with Gasteiger partial charge in [-0.3, -0.25) is 9.59 Å². The number of alkyl carbamates (subject to hydrolysis) is 1. The predicted molar refractivity (Wildman–Crippen MR) is 151 cm³/mol. The van der Waals surface area contributed by atoms with Crippen LogP contribution in [0.1, 0.15) is 62.5 Å². The average Bonchev–Trinajstić information content (AvgIpc) is 2.94. The largest absolute Gasteiger partial charge is 0.436 e. The third kappa shape index (κ3) is 10.9. The molecule has 1 aliphatic carbocycles. The molecule has 2 aromatic carbocycles. The summed E-state index contributed by atoms with van der Waals surface area (Å²) in [6, 6.07) is 16.2. The average molecular weight is 558 g/mol. The first-order valence-corrected chi connectivity index (χ1v) is 14.1. The molecule has 0 spiro atoms. The number of benzene rings is 2. The van der Waals surface area contributed by atoms with Gasteiger partial charge in [0, 0.05) is 31.6 Å². The highest BCUT2D eigenvalue weighted by molar-refractivity contribution is 6.30. The van der Waals surface area contributed by atoms with E-state index < -0.39 is 24.1 Å². The smallest absolute Gasteiger partial charge is 0.408 e. The first kappa shape index (κ1) is 30.4. The second kappa shape index (κ2) is 16.1. The minimum absolute atomic E-state index is 0.0815. The zero-order valence-electron chi connectivity index (χ0n) is 22.6. The second-order valence-corrected chi connectivity index (χ2v) is 10.7. The summed E-state index contributed by atoms with van der Waals surface area (Å²) in [6.45, 7) is 0.380. The third-order valence-electron chi connectivity index (χ3n) is 7.10. The van der Waals surface area contributed by atoms with Crippen LogP contribution in [-0.4, -0.2) is 53.7 Å². The molecule has 8 nitrogen and oxygen atoms in total. The lowest BCUT2D eigenvalue weighted by Crippen LogP contribution is -2.47. The topological polar surface area (TPSA) is 108 Å². The van der Waals surface area contributed by atoms with Gasteiger partial charge in [-0.05, 0) is 42.0 Å². The van der Waals surface area contributed by atoms with Crippen LogP contribution in [0.3, 0.4) is 0 Å². The predicted octanol–water partition coefficient (Wildman–Crippen LogP) is 4.82. The molecule has 0 aromatic heterocycles. The van der Waals surface area contributed by atoms with E-state index in [1.54, 1.807) is 30.1 Å². The Morgan fingerprint density at radius 2 is 1.77 bits per heavy atom. The van der Waals surface area contributed by atoms with Gasteiger partial charge in [-0.25, -0.2) is 4.79 Å². The maximum absolute atomic E-state index is 13.2. The fraction of sp³-hybridized carbons (Fsp3) is 0.500. The maximum atomic E-state index is 13.2. The molecule has 2 aromatic rings. The monoisotopic (exact) mass is 557 g/mol. The molecule has 0 radical (unpaired) electrons. The Morgan fingerprint density at radius 1 is 1.05 bits per heavy atom. The maximum Gasteiger partial charge on any atom is 0.408 e. The number of amides is 3. The molecule has 9 heteroatoms. The van der Waals surface area contributed by atoms with E-state index in [-0.39, 0.29) is 37.8 Å². The van der Waals surface area contributed by atoms with Crippen LogP contribution in [0.15, 0.2) is 54.6 Å². The Labute approximate surface area is 236 Å². The van der Waals surface area contributed by atoms with Gasteiger partial charge in [-0.1, -0.05) is 86.2 Å². The molecule has 0 saturated heterocycles. The number of carbonyl (C=O) groups excluding carboxylic acids is 3. The molecule has 0 aliphatic heterocycles. The van der Waals surface area contributed by atoms with E-state index in [0.29, 0.717) is 18.0 Å². The minimum Gasteiger partial charge on any atom is -0.436 e. The van der Waals surface area contributed by atoms with Gasteiger partial charge >= 0.3 is 6.09 Å². The van der Waals surface area contributed by atoms with Crippen molar-refractivity contribution in [1.29, 1.82) is 0 Å². The SMILES string of the molecule is CN(Cc1ccccc1)C(=O)CC[C@@H](CO)NC(=O)[C@H](CC1CCCCC1)OC(=O)NCc1cccc(Cl)c1. The lowest BCUT2D eigenvalue weighted by Gasteiger charge is -2.27. The molecule has 3 rings (SSSR count). The number of nitrogens with zero attached hydrogens (tertiary/aromatic N) is 1. The zero-order chi connectivity index (χ0) is 28.0. The number of carbonyl (C=O) groups is 3. The number of rotatable bonds is 13. The van der Waals surface area contributed by atoms with Gasteiger partial charge in [-0.2, -0.15) is 0 Å². The Hall–Kier alpha value is -3.10. The van der Waals surface area contributed by atoms with Gasteiger partial charge in [-0.15, -0.1) is 0 Å². The number of aliphatic hydroxyl groups is 1. The van der Waals surface area contributed by atoms with Crippen LogP contribution in [-0.2, 0) is 27.4 Å². The number of ether oxygens (including phenoxy) is 1. The van der Waals surface area contributed by atoms with E-state index in [1.165, 1.54) is 6.42 Å². The second-order valence-electron chi connectivity index (χ2n) is 10.3. The van der Waals surface area contributed by atoms with E-state index in [1.807, 2.05) is 36.4 Å². The molecule has 1 fully saturated rings. The summed E-state index contributed by atoms with van der Waals surface area (Å²) < 4.78 is 5.59. The Balaban J connectivity index is 1.53. The van der Waals surface area contributed by atoms with Crippen LogP contribution in [0, 0.1) is 5.92 Å². The number of halogens is 1. The number of hydrogen-bond donors (Lipinski definition) is 3. The highest BCUT2D eigenvalue weighted by Gasteiger charge is 2.29. The van der Waals surface area contributed by atoms with Crippen molar-refractivity contribution in [3.63, 3.8) is 0 Å². The Bertz CT molecular complexity index is 1060. The van der Waals surface area contributed by atoms with Gasteiger partial charge in [0.2, 0.25) is 5.91 Å². The fourth-order valence-corrected chi connectivity index (χ4v) is 5.08. The third-order valence-corrected chi connectivity index (χ3v) is 7.34. The number of aliphatic hydroxyl groups excluding tert-OH is 1. The molecule has 3 amide bonds. The molecule has 212 valence electrons. The number of hydrogen-bond acceptors (Lipinski definition) is 5. The van der Waals surface area contributed by atoms with Gasteiger partial charge in [0.25, 0.3) is 5.91 Å². The first-order chi connectivity index (χ1) is 18.8. The summed E-state index contributed by atoms with van der Waals surface area (Å²) in [5, 5.41) is 16.0. The lowest BCUT2D eigenvalue weighted by atomic mass is 9.85. The van der Waals surface area contributed by atoms with E-state index in [0.717, 1.165) is 36.8 Å². The molecular weight excluding hydrogens is 518 g/mol. The molecule has 1 aliphatic rings. The van der Waals surface area contributed by atoms with Crippen molar-refractivity contribution < 1.29 is 24.2 Å². The van der Waals surface area contributed by atoms with Crippen LogP contribution < -0.4 is 10.6 Å². The lowest BCUT2D eigenvalue weighted by molar-refractivity contribution is -0.133. The summed E-state index contributed by atoms with van der Waals surface area (Å²) in [6.07, 6.45) is 4.53. The quantitative estimate of drug-likeness (QED) is 0.327. The molecular formula is C30H40ClN3O5. The Kier molecular flexibility index (Phi) is 12.6. The fourth-order valence-electron chi connectivity index (χ4n) is 4.86. The van der Waals surface area contributed by atoms with Crippen LogP contribution in [0.25, 0.3) is 0 Å². The molecule has 2 atom stereocenters. The van der Waals surface area contributed by atoms with E-state index in [2.05, 4.69) is 10.6 Å². The molecule has 0 unspecified atom stereocenters. The van der Waals surface area contributed by atoms with E-state index in [4.69, 9.17) is 16.3 Å². The molecule has 3 N–H and O–H groups in total. The van der Waals surface area contributed by atoms with Crippen molar-refractivity contribution >= 4 is 29.5 Å². The Morgan fingerprint density at radius 3 is 2.46 bits per heavy atom. The van der Waals surface area contributed by atoms with Crippen molar-refractivity contribution in [3.05, 3.63) is 70.7 Å². The van der Waals surface area contributed by atoms with Crippen molar-refractivity contribution in [1.82, 2.24) is 15.5 Å². The van der Waals surface area contributed by atoms with Gasteiger partial charge in [0.15, 0.2) is 6.10 Å². The highest BCUT2D eigenvalue weighted by Crippen LogP contribution is 2.28. The normalized spacial score (nSPS) is 15.2. The minimum atomic E-state index is -0.988. The molecule has 0 bridgehead atoms. The van der Waals surface area contributed by atoms with Crippen molar-refractivity contribution in [3.8, 4) is 0 Å². The van der Waals surface area contributed by atoms with Crippen LogP contribution in [0.5, 0.6) is 0 Å². The highest BCUT2D eigenvalue weighted by atomic mass is 35.5. The van der Waals surface area contributed by atoms with Gasteiger partial charge in [0.05, 0.1) is 12.6 Å². The van der Waals surface area contributed by atoms with Crippen molar-refractivity contribution in [2.24, 2.45) is 5.92 Å². The zero-order valence-corrected chi connectivity index (χ0v) is 23.4. The first-order valence-electron chi connectivity index (χ1n) is 13.7. The van der Waals surface area contributed by atoms with Gasteiger partial charge in [0.1, 0.15) is 0 Å². The van der Waals surface area contributed by atoms with Crippen LogP contribution in [0.4, 0.5) is 4.79 Å². The number of nitrogens with one attached hydrogen (secondary N) is 2. The van der Waals surface area contributed by atoms with Gasteiger partial charge < -0.3 is 25.4 Å². The summed E-state index contributed by atoms with van der Waals surface area (Å²) in [5.74, 6) is -0.249. The van der Waals surface area contributed by atoms with E-state index in [9.17, 15) is 19.5 Å². The summed E-state index contributed by atoms with van der Waals surface area (Å²) in [4.78, 5) is 40.1. The standard InChI is InChI=1S/C30H40ClN3O5/c1-34(20-23-11-6-3-7-12-23)28(36)16-15-26(21-35)33-29(37)27(18-22-9-4-2-5-10-22)39-30(38)32-19-24-13-8-14-25(31)17-24/h3,6-8,11-14,17,22,26-27,35H,2,4-5,9-10,15-16,18-21H2,1H3,(H,32,38)(H,33,37)/t26-,27-/m0/s1. The molecule has 39 heavy (non-hydrogen) atoms. The van der Waals surface area contributed by atoms with E-state index >= 15 is 0 Å². The molecule has 0 heterocycles. The molecule has 1 saturated carbocycles. The summed E-state index contributed by atoms with van der Waals surface area (Å²) in [7, 11) is 1.73. The summed E-state index contributed by atoms with van der Waals surface area (Å²) >= 11 is 6.01. The van der Waals surface area contributed by atoms with Crippen LogP contribution >= 0.6 is 11.6 Å².